The molecule has 0 radical (unpaired) electrons. The third-order valence-corrected chi connectivity index (χ3v) is 3.14. The maximum absolute atomic E-state index is 5.75. The highest BCUT2D eigenvalue weighted by Gasteiger charge is 2.00. The summed E-state index contributed by atoms with van der Waals surface area (Å²) in [6.45, 7) is 5.00. The van der Waals surface area contributed by atoms with Crippen molar-refractivity contribution in [3.05, 3.63) is 59.7 Å². The van der Waals surface area contributed by atoms with Crippen molar-refractivity contribution in [3.63, 3.8) is 0 Å². The molecule has 3 heteroatoms. The lowest BCUT2D eigenvalue weighted by Gasteiger charge is -2.09. The van der Waals surface area contributed by atoms with Gasteiger partial charge in [0.15, 0.2) is 0 Å². The average Bonchev–Trinajstić information content (AvgIpc) is 2.51. The van der Waals surface area contributed by atoms with Gasteiger partial charge in [0.2, 0.25) is 0 Å². The van der Waals surface area contributed by atoms with Gasteiger partial charge in [-0.15, -0.1) is 0 Å². The van der Waals surface area contributed by atoms with Crippen molar-refractivity contribution in [3.8, 4) is 5.75 Å². The van der Waals surface area contributed by atoms with Crippen LogP contribution in [0.2, 0.25) is 0 Å². The average molecular weight is 282 g/mol. The number of nitrogens with zero attached hydrogens (tertiary/aromatic N) is 1. The largest absolute Gasteiger partial charge is 0.493 e. The summed E-state index contributed by atoms with van der Waals surface area (Å²) in [6, 6.07) is 16.0. The summed E-state index contributed by atoms with van der Waals surface area (Å²) >= 11 is 0. The van der Waals surface area contributed by atoms with Crippen molar-refractivity contribution in [2.75, 3.05) is 12.0 Å². The summed E-state index contributed by atoms with van der Waals surface area (Å²) in [5.74, 6) is 0.955. The zero-order chi connectivity index (χ0) is 14.9. The molecule has 0 atom stereocenters. The molecule has 0 saturated carbocycles. The van der Waals surface area contributed by atoms with Crippen LogP contribution in [0.25, 0.3) is 0 Å². The van der Waals surface area contributed by atoms with Gasteiger partial charge in [-0.3, -0.25) is 5.43 Å². The summed E-state index contributed by atoms with van der Waals surface area (Å²) < 4.78 is 5.75. The van der Waals surface area contributed by atoms with Gasteiger partial charge in [-0.25, -0.2) is 0 Å². The number of rotatable bonds is 7. The Hall–Kier alpha value is -2.29. The zero-order valence-corrected chi connectivity index (χ0v) is 12.7. The second-order valence-electron chi connectivity index (χ2n) is 4.96. The molecule has 21 heavy (non-hydrogen) atoms. The van der Waals surface area contributed by atoms with Crippen LogP contribution in [0.15, 0.2) is 53.6 Å². The second-order valence-corrected chi connectivity index (χ2v) is 4.96. The fraction of sp³-hybridized carbons (Fsp3) is 0.278. The molecule has 3 nitrogen and oxygen atoms in total. The Morgan fingerprint density at radius 2 is 1.95 bits per heavy atom. The number of para-hydroxylation sites is 1. The van der Waals surface area contributed by atoms with E-state index in [1.165, 1.54) is 0 Å². The normalized spacial score (nSPS) is 10.8. The molecule has 0 heterocycles. The van der Waals surface area contributed by atoms with E-state index < -0.39 is 0 Å². The van der Waals surface area contributed by atoms with Crippen LogP contribution in [0, 0.1) is 6.92 Å². The van der Waals surface area contributed by atoms with Gasteiger partial charge in [-0.2, -0.15) is 5.10 Å². The van der Waals surface area contributed by atoms with E-state index in [1.807, 2.05) is 48.7 Å². The Kier molecular flexibility index (Phi) is 5.83. The smallest absolute Gasteiger partial charge is 0.122 e. The van der Waals surface area contributed by atoms with Crippen LogP contribution in [0.3, 0.4) is 0 Å². The Labute approximate surface area is 126 Å². The Morgan fingerprint density at radius 3 is 2.67 bits per heavy atom. The zero-order valence-electron chi connectivity index (χ0n) is 12.7. The number of hydrogen-bond donors (Lipinski definition) is 1. The predicted octanol–water partition coefficient (Wildman–Crippen LogP) is 4.62. The standard InChI is InChI=1S/C18H22N2O/c1-3-4-12-21-18-11-10-16(13-15(18)2)14-19-20-17-8-6-5-7-9-17/h5-11,13-14,20H,3-4,12H2,1-2H3. The maximum atomic E-state index is 5.75. The number of aryl methyl sites for hydroxylation is 1. The number of hydrogen-bond acceptors (Lipinski definition) is 3. The number of nitrogens with one attached hydrogen (secondary N) is 1. The molecule has 0 aliphatic carbocycles. The SMILES string of the molecule is CCCCOc1ccc(C=NNc2ccccc2)cc1C. The van der Waals surface area contributed by atoms with Crippen molar-refractivity contribution in [2.24, 2.45) is 5.10 Å². The molecule has 2 aromatic carbocycles. The van der Waals surface area contributed by atoms with E-state index in [-0.39, 0.29) is 0 Å². The van der Waals surface area contributed by atoms with Gasteiger partial charge in [0.05, 0.1) is 18.5 Å². The van der Waals surface area contributed by atoms with Crippen LogP contribution in [-0.2, 0) is 0 Å². The van der Waals surface area contributed by atoms with E-state index in [1.54, 1.807) is 0 Å². The van der Waals surface area contributed by atoms with Crippen LogP contribution < -0.4 is 10.2 Å². The maximum Gasteiger partial charge on any atom is 0.122 e. The molecule has 0 spiro atoms. The third kappa shape index (κ3) is 4.95. The summed E-state index contributed by atoms with van der Waals surface area (Å²) in [6.07, 6.45) is 4.05. The molecule has 0 aromatic heterocycles. The fourth-order valence-corrected chi connectivity index (χ4v) is 1.94. The first-order chi connectivity index (χ1) is 10.3. The van der Waals surface area contributed by atoms with Crippen molar-refractivity contribution >= 4 is 11.9 Å². The summed E-state index contributed by atoms with van der Waals surface area (Å²) in [5, 5.41) is 4.24. The van der Waals surface area contributed by atoms with Crippen LogP contribution >= 0.6 is 0 Å². The van der Waals surface area contributed by atoms with E-state index in [4.69, 9.17) is 4.74 Å². The van der Waals surface area contributed by atoms with Gasteiger partial charge in [0.1, 0.15) is 5.75 Å². The summed E-state index contributed by atoms with van der Waals surface area (Å²) in [5.41, 5.74) is 6.17. The first kappa shape index (κ1) is 15.1. The number of hydrazone groups is 1. The van der Waals surface area contributed by atoms with Crippen molar-refractivity contribution in [1.82, 2.24) is 0 Å². The topological polar surface area (TPSA) is 33.6 Å². The lowest BCUT2D eigenvalue weighted by Crippen LogP contribution is -1.99. The van der Waals surface area contributed by atoms with Gasteiger partial charge < -0.3 is 4.74 Å². The van der Waals surface area contributed by atoms with E-state index >= 15 is 0 Å². The number of unbranched alkanes of at least 4 members (excludes halogenated alkanes) is 1. The number of anilines is 1. The highest BCUT2D eigenvalue weighted by Crippen LogP contribution is 2.18. The van der Waals surface area contributed by atoms with Gasteiger partial charge in [0.25, 0.3) is 0 Å². The molecule has 0 aliphatic heterocycles. The molecule has 1 N–H and O–H groups in total. The lowest BCUT2D eigenvalue weighted by atomic mass is 10.1. The molecular weight excluding hydrogens is 260 g/mol. The summed E-state index contributed by atoms with van der Waals surface area (Å²) in [4.78, 5) is 0. The first-order valence-electron chi connectivity index (χ1n) is 7.37. The number of benzene rings is 2. The van der Waals surface area contributed by atoms with Crippen molar-refractivity contribution in [1.29, 1.82) is 0 Å². The van der Waals surface area contributed by atoms with E-state index in [0.29, 0.717) is 0 Å². The second kappa shape index (κ2) is 8.10. The van der Waals surface area contributed by atoms with Gasteiger partial charge in [-0.05, 0) is 54.8 Å². The monoisotopic (exact) mass is 282 g/mol. The Bertz CT molecular complexity index is 579. The molecule has 2 rings (SSSR count). The van der Waals surface area contributed by atoms with Crippen molar-refractivity contribution in [2.45, 2.75) is 26.7 Å². The van der Waals surface area contributed by atoms with Crippen molar-refractivity contribution < 1.29 is 4.74 Å². The highest BCUT2D eigenvalue weighted by molar-refractivity contribution is 5.80. The molecule has 0 aliphatic rings. The quantitative estimate of drug-likeness (QED) is 0.456. The van der Waals surface area contributed by atoms with Gasteiger partial charge in [0, 0.05) is 0 Å². The van der Waals surface area contributed by atoms with Gasteiger partial charge in [-0.1, -0.05) is 31.5 Å². The minimum absolute atomic E-state index is 0.778. The molecule has 0 bridgehead atoms. The lowest BCUT2D eigenvalue weighted by molar-refractivity contribution is 0.307. The highest BCUT2D eigenvalue weighted by atomic mass is 16.5. The fourth-order valence-electron chi connectivity index (χ4n) is 1.94. The minimum Gasteiger partial charge on any atom is -0.493 e. The molecule has 110 valence electrons. The van der Waals surface area contributed by atoms with Crippen LogP contribution in [0.1, 0.15) is 30.9 Å². The molecule has 0 amide bonds. The number of ether oxygens (including phenoxy) is 1. The van der Waals surface area contributed by atoms with Crippen LogP contribution in [0.5, 0.6) is 5.75 Å². The molecular formula is C18H22N2O. The predicted molar refractivity (Wildman–Crippen MR) is 89.2 cm³/mol. The summed E-state index contributed by atoms with van der Waals surface area (Å²) in [7, 11) is 0. The van der Waals surface area contributed by atoms with Crippen LogP contribution in [-0.4, -0.2) is 12.8 Å². The molecule has 0 saturated heterocycles. The molecule has 0 fully saturated rings. The van der Waals surface area contributed by atoms with E-state index in [0.717, 1.165) is 42.0 Å². The van der Waals surface area contributed by atoms with E-state index in [2.05, 4.69) is 30.4 Å². The molecule has 2 aromatic rings. The van der Waals surface area contributed by atoms with Crippen LogP contribution in [0.4, 0.5) is 5.69 Å². The third-order valence-electron chi connectivity index (χ3n) is 3.14. The minimum atomic E-state index is 0.778. The Morgan fingerprint density at radius 1 is 1.14 bits per heavy atom. The van der Waals surface area contributed by atoms with E-state index in [9.17, 15) is 0 Å². The van der Waals surface area contributed by atoms with Gasteiger partial charge >= 0.3 is 0 Å². The molecule has 0 unspecified atom stereocenters. The first-order valence-corrected chi connectivity index (χ1v) is 7.37. The Balaban J connectivity index is 1.93.